The van der Waals surface area contributed by atoms with Crippen molar-refractivity contribution in [3.8, 4) is 17.3 Å². The number of thiol groups is 1. The van der Waals surface area contributed by atoms with E-state index >= 15 is 0 Å². The van der Waals surface area contributed by atoms with Gasteiger partial charge < -0.3 is 19.7 Å². The lowest BCUT2D eigenvalue weighted by molar-refractivity contribution is -0.213. The van der Waals surface area contributed by atoms with Gasteiger partial charge in [-0.05, 0) is 18.2 Å². The Morgan fingerprint density at radius 2 is 2.03 bits per heavy atom. The number of aliphatic hydroxyl groups excluding tert-OH is 2. The highest BCUT2D eigenvalue weighted by Gasteiger charge is 2.59. The highest BCUT2D eigenvalue weighted by atomic mass is 35.5. The van der Waals surface area contributed by atoms with E-state index in [1.165, 1.54) is 36.4 Å². The Morgan fingerprint density at radius 1 is 1.32 bits per heavy atom. The lowest BCUT2D eigenvalue weighted by atomic mass is 9.75. The number of benzene rings is 1. The summed E-state index contributed by atoms with van der Waals surface area (Å²) in [5.74, 6) is -1.97. The van der Waals surface area contributed by atoms with Gasteiger partial charge in [-0.1, -0.05) is 16.8 Å². The number of nitrogens with zero attached hydrogens (tertiary/aromatic N) is 5. The van der Waals surface area contributed by atoms with E-state index < -0.39 is 52.6 Å². The van der Waals surface area contributed by atoms with Crippen molar-refractivity contribution in [1.29, 1.82) is 5.26 Å². The van der Waals surface area contributed by atoms with Crippen LogP contribution in [0, 0.1) is 23.0 Å². The first kappa shape index (κ1) is 24.5. The summed E-state index contributed by atoms with van der Waals surface area (Å²) in [5.41, 5.74) is -2.04. The van der Waals surface area contributed by atoms with Gasteiger partial charge in [0.1, 0.15) is 57.7 Å². The molecule has 3 aromatic rings. The highest BCUT2D eigenvalue weighted by Crippen LogP contribution is 2.44. The number of aliphatic hydroxyl groups is 2. The Labute approximate surface area is 202 Å². The van der Waals surface area contributed by atoms with Crippen LogP contribution in [-0.2, 0) is 15.0 Å². The first-order chi connectivity index (χ1) is 16.3. The number of rotatable bonds is 5. The Morgan fingerprint density at radius 3 is 2.65 bits per heavy atom. The molecule has 1 aliphatic heterocycles. The molecule has 0 radical (unpaired) electrons. The molecule has 0 aliphatic carbocycles. The molecule has 0 amide bonds. The number of pyridine rings is 1. The first-order valence-corrected chi connectivity index (χ1v) is 10.8. The minimum absolute atomic E-state index is 0.0429. The predicted molar refractivity (Wildman–Crippen MR) is 118 cm³/mol. The van der Waals surface area contributed by atoms with Crippen molar-refractivity contribution in [2.45, 2.75) is 29.3 Å². The number of hydrogen-bond donors (Lipinski definition) is 3. The van der Waals surface area contributed by atoms with Gasteiger partial charge in [0, 0.05) is 30.6 Å². The maximum atomic E-state index is 14.1. The molecule has 3 heterocycles. The lowest BCUT2D eigenvalue weighted by Crippen LogP contribution is -2.67. The molecule has 1 saturated heterocycles. The van der Waals surface area contributed by atoms with Crippen molar-refractivity contribution < 1.29 is 28.5 Å². The molecule has 4 rings (SSSR count). The maximum Gasteiger partial charge on any atom is 0.149 e. The molecule has 1 fully saturated rings. The van der Waals surface area contributed by atoms with E-state index in [1.54, 1.807) is 0 Å². The van der Waals surface area contributed by atoms with Crippen LogP contribution in [0.3, 0.4) is 0 Å². The molecule has 9 nitrogen and oxygen atoms in total. The largest absolute Gasteiger partial charge is 0.394 e. The number of halogens is 3. The zero-order chi connectivity index (χ0) is 24.6. The van der Waals surface area contributed by atoms with Crippen LogP contribution in [-0.4, -0.2) is 67.7 Å². The van der Waals surface area contributed by atoms with Gasteiger partial charge in [0.15, 0.2) is 0 Å². The fourth-order valence-electron chi connectivity index (χ4n) is 4.17. The van der Waals surface area contributed by atoms with Crippen LogP contribution >= 0.6 is 24.2 Å². The molecule has 5 atom stereocenters. The molecular weight excluding hydrogens is 492 g/mol. The van der Waals surface area contributed by atoms with Gasteiger partial charge >= 0.3 is 0 Å². The summed E-state index contributed by atoms with van der Waals surface area (Å²) in [6.45, 7) is -0.572. The second kappa shape index (κ2) is 9.53. The topological polar surface area (TPSA) is 126 Å². The number of hydrogen-bond acceptors (Lipinski definition) is 9. The Balaban J connectivity index is 1.97. The average Bonchev–Trinajstić information content (AvgIpc) is 3.33. The maximum absolute atomic E-state index is 14.1. The van der Waals surface area contributed by atoms with Gasteiger partial charge in [-0.15, -0.1) is 17.7 Å². The standard InChI is InChI=1S/C21H18ClF2N5O4S/c1-32-19-20(34)33-16(9-30)18(31)21(19,12-2-10(5-25)6-26-7-12)29-8-15(27-28-29)11-3-13(23)17(22)14(24)4-11/h2-4,6-8,16,18-20,30-31,34H,9H2,1H3/t16-,18+,19+,20-,21?/m1/s1. The average molecular weight is 510 g/mol. The normalized spacial score (nSPS) is 26.9. The number of nitriles is 1. The SMILES string of the molecule is CO[C@H]1[C@@H](S)O[C@H](CO)[C@H](O)C1(c1cncc(C#N)c1)n1cc(-c2cc(F)c(Cl)c(F)c2)nn1. The fraction of sp³-hybridized carbons (Fsp3) is 0.333. The summed E-state index contributed by atoms with van der Waals surface area (Å²) in [5, 5.41) is 38.2. The zero-order valence-electron chi connectivity index (χ0n) is 17.5. The van der Waals surface area contributed by atoms with Crippen LogP contribution in [0.15, 0.2) is 36.8 Å². The lowest BCUT2D eigenvalue weighted by Gasteiger charge is -2.51. The van der Waals surface area contributed by atoms with E-state index in [1.807, 2.05) is 6.07 Å². The summed E-state index contributed by atoms with van der Waals surface area (Å²) in [6, 6.07) is 5.45. The monoisotopic (exact) mass is 509 g/mol. The van der Waals surface area contributed by atoms with E-state index in [2.05, 4.69) is 27.9 Å². The molecule has 13 heteroatoms. The molecule has 2 N–H and O–H groups in total. The number of ether oxygens (including phenoxy) is 2. The third-order valence-corrected chi connectivity index (χ3v) is 6.48. The Kier molecular flexibility index (Phi) is 6.86. The molecule has 34 heavy (non-hydrogen) atoms. The van der Waals surface area contributed by atoms with Crippen LogP contribution < -0.4 is 0 Å². The number of aromatic nitrogens is 4. The third kappa shape index (κ3) is 3.84. The van der Waals surface area contributed by atoms with Gasteiger partial charge in [0.25, 0.3) is 0 Å². The molecule has 0 saturated carbocycles. The van der Waals surface area contributed by atoms with Crippen molar-refractivity contribution in [2.75, 3.05) is 13.7 Å². The molecule has 2 aromatic heterocycles. The van der Waals surface area contributed by atoms with E-state index in [0.717, 1.165) is 12.1 Å². The van der Waals surface area contributed by atoms with Crippen LogP contribution in [0.5, 0.6) is 0 Å². The van der Waals surface area contributed by atoms with E-state index in [0.29, 0.717) is 0 Å². The Bertz CT molecular complexity index is 1230. The number of methoxy groups -OCH3 is 1. The first-order valence-electron chi connectivity index (χ1n) is 9.86. The van der Waals surface area contributed by atoms with Crippen molar-refractivity contribution in [1.82, 2.24) is 20.0 Å². The quantitative estimate of drug-likeness (QED) is 0.352. The van der Waals surface area contributed by atoms with E-state index in [9.17, 15) is 24.3 Å². The smallest absolute Gasteiger partial charge is 0.149 e. The molecule has 0 bridgehead atoms. The third-order valence-electron chi connectivity index (χ3n) is 5.73. The Hall–Kier alpha value is -2.66. The molecule has 0 spiro atoms. The zero-order valence-corrected chi connectivity index (χ0v) is 19.2. The second-order valence-corrected chi connectivity index (χ2v) is 8.44. The molecule has 178 valence electrons. The van der Waals surface area contributed by atoms with Crippen LogP contribution in [0.25, 0.3) is 11.3 Å². The van der Waals surface area contributed by atoms with Gasteiger partial charge in [0.2, 0.25) is 0 Å². The summed E-state index contributed by atoms with van der Waals surface area (Å²) in [7, 11) is 1.36. The van der Waals surface area contributed by atoms with Crippen LogP contribution in [0.2, 0.25) is 5.02 Å². The molecular formula is C21H18ClF2N5O4S. The van der Waals surface area contributed by atoms with Crippen LogP contribution in [0.1, 0.15) is 11.1 Å². The predicted octanol–water partition coefficient (Wildman–Crippen LogP) is 1.91. The molecule has 1 aliphatic rings. The summed E-state index contributed by atoms with van der Waals surface area (Å²) < 4.78 is 40.6. The van der Waals surface area contributed by atoms with Crippen molar-refractivity contribution in [2.24, 2.45) is 0 Å². The fourth-order valence-corrected chi connectivity index (χ4v) is 4.78. The summed E-state index contributed by atoms with van der Waals surface area (Å²) in [4.78, 5) is 4.09. The molecule has 1 unspecified atom stereocenters. The van der Waals surface area contributed by atoms with Gasteiger partial charge in [-0.2, -0.15) is 5.26 Å². The summed E-state index contributed by atoms with van der Waals surface area (Å²) >= 11 is 10.0. The van der Waals surface area contributed by atoms with Crippen LogP contribution in [0.4, 0.5) is 8.78 Å². The minimum Gasteiger partial charge on any atom is -0.394 e. The summed E-state index contributed by atoms with van der Waals surface area (Å²) in [6.07, 6.45) is 0.430. The van der Waals surface area contributed by atoms with Gasteiger partial charge in [-0.25, -0.2) is 13.5 Å². The van der Waals surface area contributed by atoms with E-state index in [-0.39, 0.29) is 22.4 Å². The second-order valence-electron chi connectivity index (χ2n) is 7.55. The van der Waals surface area contributed by atoms with Crippen molar-refractivity contribution >= 4 is 24.2 Å². The highest BCUT2D eigenvalue weighted by molar-refractivity contribution is 7.80. The molecule has 1 aromatic carbocycles. The van der Waals surface area contributed by atoms with Gasteiger partial charge in [-0.3, -0.25) is 4.98 Å². The van der Waals surface area contributed by atoms with Gasteiger partial charge in [0.05, 0.1) is 18.4 Å². The minimum atomic E-state index is -1.65. The van der Waals surface area contributed by atoms with Crippen molar-refractivity contribution in [3.63, 3.8) is 0 Å². The van der Waals surface area contributed by atoms with Crippen molar-refractivity contribution in [3.05, 3.63) is 64.6 Å². The van der Waals surface area contributed by atoms with E-state index in [4.69, 9.17) is 21.1 Å².